The minimum Gasteiger partial charge on any atom is -0.458 e. The van der Waals surface area contributed by atoms with E-state index in [2.05, 4.69) is 40.8 Å². The van der Waals surface area contributed by atoms with Gasteiger partial charge in [-0.25, -0.2) is 4.79 Å². The zero-order valence-corrected chi connectivity index (χ0v) is 17.1. The summed E-state index contributed by atoms with van der Waals surface area (Å²) < 4.78 is 24.5. The van der Waals surface area contributed by atoms with Gasteiger partial charge in [0, 0.05) is 17.6 Å². The third-order valence-electron chi connectivity index (χ3n) is 5.97. The second-order valence-corrected chi connectivity index (χ2v) is 14.1. The van der Waals surface area contributed by atoms with Gasteiger partial charge >= 0.3 is 5.97 Å². The van der Waals surface area contributed by atoms with Crippen molar-refractivity contribution in [3.8, 4) is 0 Å². The molecule has 3 rings (SSSR count). The van der Waals surface area contributed by atoms with Gasteiger partial charge in [-0.05, 0) is 38.9 Å². The van der Waals surface area contributed by atoms with Crippen LogP contribution in [0.15, 0.2) is 11.1 Å². The Morgan fingerprint density at radius 3 is 2.42 bits per heavy atom. The average molecular weight is 355 g/mol. The molecule has 24 heavy (non-hydrogen) atoms. The summed E-state index contributed by atoms with van der Waals surface area (Å²) in [5, 5.41) is 0.0820. The average Bonchev–Trinajstić information content (AvgIpc) is 2.86. The van der Waals surface area contributed by atoms with Gasteiger partial charge in [0.25, 0.3) is 0 Å². The second-order valence-electron chi connectivity index (χ2n) is 9.33. The van der Waals surface area contributed by atoms with Crippen LogP contribution in [-0.4, -0.2) is 44.5 Å². The molecule has 5 nitrogen and oxygen atoms in total. The van der Waals surface area contributed by atoms with E-state index in [9.17, 15) is 4.79 Å². The van der Waals surface area contributed by atoms with Crippen LogP contribution in [0.25, 0.3) is 0 Å². The highest BCUT2D eigenvalue weighted by Gasteiger charge is 2.62. The van der Waals surface area contributed by atoms with Gasteiger partial charge in [0.1, 0.15) is 18.3 Å². The molecule has 136 valence electrons. The first kappa shape index (κ1) is 18.1. The lowest BCUT2D eigenvalue weighted by atomic mass is 9.78. The van der Waals surface area contributed by atoms with Gasteiger partial charge in [-0.3, -0.25) is 0 Å². The Labute approximate surface area is 145 Å². The molecule has 2 aliphatic heterocycles. The molecule has 3 aliphatic rings. The SMILES string of the molecule is CC1(C)O[C@H]2C3=C(C[C@@H](O[Si](C)(C)C(C)(C)C)[C@@]2(C)O1)C(=O)OC3. The van der Waals surface area contributed by atoms with Crippen molar-refractivity contribution in [2.75, 3.05) is 6.61 Å². The quantitative estimate of drug-likeness (QED) is 0.561. The number of hydrogen-bond donors (Lipinski definition) is 0. The van der Waals surface area contributed by atoms with Gasteiger partial charge in [0.15, 0.2) is 14.1 Å². The lowest BCUT2D eigenvalue weighted by Gasteiger charge is -2.46. The van der Waals surface area contributed by atoms with Crippen molar-refractivity contribution in [2.45, 2.75) is 89.7 Å². The summed E-state index contributed by atoms with van der Waals surface area (Å²) in [6, 6.07) is 0. The Bertz CT molecular complexity index is 601. The van der Waals surface area contributed by atoms with Gasteiger partial charge in [-0.15, -0.1) is 0 Å². The molecule has 0 saturated carbocycles. The van der Waals surface area contributed by atoms with Crippen molar-refractivity contribution in [2.24, 2.45) is 0 Å². The molecule has 0 aromatic heterocycles. The third-order valence-corrected chi connectivity index (χ3v) is 10.5. The molecule has 0 aromatic carbocycles. The van der Waals surface area contributed by atoms with E-state index in [1.165, 1.54) is 0 Å². The fourth-order valence-electron chi connectivity index (χ4n) is 3.64. The molecule has 0 aromatic rings. The molecular weight excluding hydrogens is 324 g/mol. The Hall–Kier alpha value is -0.693. The fourth-order valence-corrected chi connectivity index (χ4v) is 5.02. The van der Waals surface area contributed by atoms with Crippen LogP contribution in [0, 0.1) is 0 Å². The van der Waals surface area contributed by atoms with Crippen molar-refractivity contribution >= 4 is 14.3 Å². The second kappa shape index (κ2) is 5.16. The maximum atomic E-state index is 12.2. The van der Waals surface area contributed by atoms with Gasteiger partial charge in [0.05, 0.1) is 6.10 Å². The van der Waals surface area contributed by atoms with Gasteiger partial charge < -0.3 is 18.6 Å². The molecule has 6 heteroatoms. The molecule has 2 heterocycles. The first-order valence-electron chi connectivity index (χ1n) is 8.72. The standard InChI is InChI=1S/C18H30O5Si/c1-16(2,3)24(7,8)22-13-9-11-12(10-20-15(11)19)14-18(13,6)23-17(4,5)21-14/h13-14H,9-10H2,1-8H3/t13-,14+,18-/m1/s1. The number of ether oxygens (including phenoxy) is 3. The zero-order valence-electron chi connectivity index (χ0n) is 16.1. The summed E-state index contributed by atoms with van der Waals surface area (Å²) in [7, 11) is -2.02. The van der Waals surface area contributed by atoms with Crippen molar-refractivity contribution in [1.82, 2.24) is 0 Å². The van der Waals surface area contributed by atoms with Crippen molar-refractivity contribution in [3.05, 3.63) is 11.1 Å². The van der Waals surface area contributed by atoms with Crippen LogP contribution in [0.5, 0.6) is 0 Å². The first-order chi connectivity index (χ1) is 10.8. The zero-order chi connectivity index (χ0) is 18.1. The van der Waals surface area contributed by atoms with Gasteiger partial charge in [-0.1, -0.05) is 20.8 Å². The van der Waals surface area contributed by atoms with Crippen LogP contribution in [0.3, 0.4) is 0 Å². The molecular formula is C18H30O5Si. The van der Waals surface area contributed by atoms with Crippen LogP contribution >= 0.6 is 0 Å². The predicted molar refractivity (Wildman–Crippen MR) is 93.1 cm³/mol. The largest absolute Gasteiger partial charge is 0.458 e. The molecule has 0 radical (unpaired) electrons. The molecule has 0 N–H and O–H groups in total. The summed E-state index contributed by atoms with van der Waals surface area (Å²) in [5.74, 6) is -0.938. The summed E-state index contributed by atoms with van der Waals surface area (Å²) in [6.07, 6.45) is 0.0275. The lowest BCUT2D eigenvalue weighted by Crippen LogP contribution is -2.58. The molecule has 1 saturated heterocycles. The van der Waals surface area contributed by atoms with E-state index in [1.807, 2.05) is 13.8 Å². The predicted octanol–water partition coefficient (Wildman–Crippen LogP) is 3.54. The summed E-state index contributed by atoms with van der Waals surface area (Å²) in [4.78, 5) is 12.2. The Morgan fingerprint density at radius 1 is 1.21 bits per heavy atom. The highest BCUT2D eigenvalue weighted by Crippen LogP contribution is 2.51. The summed E-state index contributed by atoms with van der Waals surface area (Å²) in [5.41, 5.74) is 1.05. The lowest BCUT2D eigenvalue weighted by molar-refractivity contribution is -0.176. The number of carbonyl (C=O) groups is 1. The summed E-state index contributed by atoms with van der Waals surface area (Å²) in [6.45, 7) is 17.3. The smallest absolute Gasteiger partial charge is 0.334 e. The minimum atomic E-state index is -2.02. The van der Waals surface area contributed by atoms with E-state index in [1.54, 1.807) is 0 Å². The maximum Gasteiger partial charge on any atom is 0.334 e. The summed E-state index contributed by atoms with van der Waals surface area (Å²) >= 11 is 0. The van der Waals surface area contributed by atoms with Gasteiger partial charge in [-0.2, -0.15) is 0 Å². The van der Waals surface area contributed by atoms with E-state index in [0.29, 0.717) is 13.0 Å². The monoisotopic (exact) mass is 354 g/mol. The molecule has 1 aliphatic carbocycles. The number of rotatable bonds is 2. The normalized spacial score (nSPS) is 35.8. The van der Waals surface area contributed by atoms with Crippen molar-refractivity contribution in [1.29, 1.82) is 0 Å². The first-order valence-corrected chi connectivity index (χ1v) is 11.6. The van der Waals surface area contributed by atoms with Crippen molar-refractivity contribution in [3.63, 3.8) is 0 Å². The molecule has 0 bridgehead atoms. The maximum absolute atomic E-state index is 12.2. The van der Waals surface area contributed by atoms with Gasteiger partial charge in [0.2, 0.25) is 0 Å². The Morgan fingerprint density at radius 2 is 1.83 bits per heavy atom. The van der Waals surface area contributed by atoms with Crippen LogP contribution in [0.4, 0.5) is 0 Å². The topological polar surface area (TPSA) is 54.0 Å². The number of esters is 1. The Balaban J connectivity index is 2.00. The Kier molecular flexibility index (Phi) is 3.89. The number of carbonyl (C=O) groups excluding carboxylic acids is 1. The van der Waals surface area contributed by atoms with E-state index in [-0.39, 0.29) is 23.2 Å². The molecule has 1 fully saturated rings. The molecule has 3 atom stereocenters. The highest BCUT2D eigenvalue weighted by atomic mass is 28.4. The minimum absolute atomic E-state index is 0.0820. The fraction of sp³-hybridized carbons (Fsp3) is 0.833. The molecule has 0 spiro atoms. The number of cyclic esters (lactones) is 1. The van der Waals surface area contributed by atoms with E-state index in [4.69, 9.17) is 18.6 Å². The van der Waals surface area contributed by atoms with E-state index >= 15 is 0 Å². The third kappa shape index (κ3) is 2.68. The van der Waals surface area contributed by atoms with Crippen LogP contribution in [0.2, 0.25) is 18.1 Å². The number of hydrogen-bond acceptors (Lipinski definition) is 5. The van der Waals surface area contributed by atoms with E-state index in [0.717, 1.165) is 11.1 Å². The van der Waals surface area contributed by atoms with Crippen LogP contribution < -0.4 is 0 Å². The highest BCUT2D eigenvalue weighted by molar-refractivity contribution is 6.74. The number of fused-ring (bicyclic) bond motifs is 2. The van der Waals surface area contributed by atoms with E-state index < -0.39 is 19.7 Å². The molecule has 0 unspecified atom stereocenters. The molecule has 0 amide bonds. The van der Waals surface area contributed by atoms with Crippen LogP contribution in [0.1, 0.15) is 48.0 Å². The van der Waals surface area contributed by atoms with Crippen LogP contribution in [-0.2, 0) is 23.4 Å². The van der Waals surface area contributed by atoms with Crippen molar-refractivity contribution < 1.29 is 23.4 Å².